The first-order valence-electron chi connectivity index (χ1n) is 8.53. The van der Waals surface area contributed by atoms with Crippen LogP contribution in [0.4, 0.5) is 5.69 Å². The Kier molecular flexibility index (Phi) is 7.07. The van der Waals surface area contributed by atoms with Crippen molar-refractivity contribution in [3.05, 3.63) is 52.5 Å². The van der Waals surface area contributed by atoms with Crippen LogP contribution >= 0.6 is 11.6 Å². The van der Waals surface area contributed by atoms with Gasteiger partial charge in [-0.15, -0.1) is 0 Å². The van der Waals surface area contributed by atoms with E-state index in [-0.39, 0.29) is 5.91 Å². The minimum absolute atomic E-state index is 0.298. The fourth-order valence-electron chi connectivity index (χ4n) is 2.31. The maximum absolute atomic E-state index is 12.5. The Balaban J connectivity index is 2.16. The minimum atomic E-state index is -0.530. The van der Waals surface area contributed by atoms with Crippen LogP contribution < -0.4 is 20.5 Å². The van der Waals surface area contributed by atoms with Crippen LogP contribution in [0.1, 0.15) is 41.0 Å². The summed E-state index contributed by atoms with van der Waals surface area (Å²) in [6.45, 7) is 4.71. The van der Waals surface area contributed by atoms with E-state index in [0.717, 1.165) is 6.42 Å². The zero-order valence-corrected chi connectivity index (χ0v) is 16.3. The highest BCUT2D eigenvalue weighted by Gasteiger charge is 2.16. The number of hydrogen-bond donors (Lipinski definition) is 2. The second kappa shape index (κ2) is 9.28. The summed E-state index contributed by atoms with van der Waals surface area (Å²) in [4.78, 5) is 23.6. The molecule has 2 aromatic carbocycles. The van der Waals surface area contributed by atoms with Crippen molar-refractivity contribution >= 4 is 29.1 Å². The van der Waals surface area contributed by atoms with Crippen molar-refractivity contribution in [1.29, 1.82) is 0 Å². The highest BCUT2D eigenvalue weighted by atomic mass is 35.5. The summed E-state index contributed by atoms with van der Waals surface area (Å²) in [7, 11) is 1.49. The highest BCUT2D eigenvalue weighted by Crippen LogP contribution is 2.36. The van der Waals surface area contributed by atoms with Crippen LogP contribution in [0.5, 0.6) is 11.5 Å². The van der Waals surface area contributed by atoms with Gasteiger partial charge in [-0.3, -0.25) is 9.59 Å². The summed E-state index contributed by atoms with van der Waals surface area (Å²) in [6.07, 6.45) is 0.878. The summed E-state index contributed by atoms with van der Waals surface area (Å²) >= 11 is 6.29. The third kappa shape index (κ3) is 5.62. The maximum atomic E-state index is 12.5. The smallest absolute Gasteiger partial charge is 0.255 e. The molecule has 6 nitrogen and oxygen atoms in total. The number of anilines is 1. The number of halogens is 1. The summed E-state index contributed by atoms with van der Waals surface area (Å²) in [6, 6.07) is 9.38. The first kappa shape index (κ1) is 20.6. The van der Waals surface area contributed by atoms with Crippen LogP contribution in [0.3, 0.4) is 0 Å². The average molecular weight is 391 g/mol. The van der Waals surface area contributed by atoms with Gasteiger partial charge in [0.05, 0.1) is 18.7 Å². The topological polar surface area (TPSA) is 90.6 Å². The van der Waals surface area contributed by atoms with E-state index in [2.05, 4.69) is 19.2 Å². The Bertz CT molecular complexity index is 819. The normalized spacial score (nSPS) is 10.6. The molecule has 0 bridgehead atoms. The molecule has 0 aromatic heterocycles. The van der Waals surface area contributed by atoms with Gasteiger partial charge in [-0.1, -0.05) is 25.4 Å². The zero-order chi connectivity index (χ0) is 20.0. The van der Waals surface area contributed by atoms with Gasteiger partial charge < -0.3 is 20.5 Å². The van der Waals surface area contributed by atoms with Crippen LogP contribution in [0.2, 0.25) is 5.02 Å². The van der Waals surface area contributed by atoms with E-state index in [1.165, 1.54) is 25.3 Å². The summed E-state index contributed by atoms with van der Waals surface area (Å²) < 4.78 is 11.1. The van der Waals surface area contributed by atoms with Crippen molar-refractivity contribution in [2.75, 3.05) is 19.0 Å². The van der Waals surface area contributed by atoms with Gasteiger partial charge in [0.2, 0.25) is 5.91 Å². The third-order valence-corrected chi connectivity index (χ3v) is 4.14. The number of ether oxygens (including phenoxy) is 2. The van der Waals surface area contributed by atoms with Gasteiger partial charge in [0, 0.05) is 16.8 Å². The van der Waals surface area contributed by atoms with E-state index in [1.54, 1.807) is 18.2 Å². The first-order chi connectivity index (χ1) is 12.8. The number of rotatable bonds is 8. The van der Waals surface area contributed by atoms with Crippen molar-refractivity contribution in [1.82, 2.24) is 0 Å². The third-order valence-electron chi connectivity index (χ3n) is 3.86. The number of primary amides is 1. The Morgan fingerprint density at radius 3 is 2.37 bits per heavy atom. The molecule has 7 heteroatoms. The van der Waals surface area contributed by atoms with Crippen LogP contribution in [-0.2, 0) is 0 Å². The molecule has 0 aliphatic heterocycles. The van der Waals surface area contributed by atoms with Gasteiger partial charge in [0.1, 0.15) is 0 Å². The molecule has 0 aliphatic rings. The number of nitrogens with two attached hydrogens (primary N) is 1. The molecule has 0 heterocycles. The van der Waals surface area contributed by atoms with Crippen LogP contribution in [0, 0.1) is 5.92 Å². The van der Waals surface area contributed by atoms with E-state index in [0.29, 0.717) is 45.9 Å². The van der Waals surface area contributed by atoms with Crippen LogP contribution in [0.15, 0.2) is 36.4 Å². The molecule has 0 radical (unpaired) electrons. The van der Waals surface area contributed by atoms with Gasteiger partial charge in [-0.25, -0.2) is 0 Å². The number of benzene rings is 2. The fraction of sp³-hybridized carbons (Fsp3) is 0.300. The SMILES string of the molecule is COc1cc(C(=O)Nc2ccc(C(N)=O)cc2)cc(Cl)c1OCCC(C)C. The molecule has 144 valence electrons. The fourth-order valence-corrected chi connectivity index (χ4v) is 2.57. The molecule has 27 heavy (non-hydrogen) atoms. The molecular weight excluding hydrogens is 368 g/mol. The lowest BCUT2D eigenvalue weighted by molar-refractivity contribution is 0.0998. The predicted molar refractivity (Wildman–Crippen MR) is 106 cm³/mol. The summed E-state index contributed by atoms with van der Waals surface area (Å²) in [5, 5.41) is 3.03. The predicted octanol–water partition coefficient (Wildman–Crippen LogP) is 4.12. The Hall–Kier alpha value is -2.73. The van der Waals surface area contributed by atoms with Crippen molar-refractivity contribution in [2.45, 2.75) is 20.3 Å². The number of amides is 2. The van der Waals surface area contributed by atoms with Crippen molar-refractivity contribution < 1.29 is 19.1 Å². The zero-order valence-electron chi connectivity index (χ0n) is 15.5. The van der Waals surface area contributed by atoms with Gasteiger partial charge in [-0.2, -0.15) is 0 Å². The molecule has 0 unspecified atom stereocenters. The lowest BCUT2D eigenvalue weighted by Gasteiger charge is -2.15. The lowest BCUT2D eigenvalue weighted by atomic mass is 10.1. The Labute approximate surface area is 163 Å². The van der Waals surface area contributed by atoms with Crippen molar-refractivity contribution in [3.63, 3.8) is 0 Å². The second-order valence-electron chi connectivity index (χ2n) is 6.42. The monoisotopic (exact) mass is 390 g/mol. The number of nitrogens with one attached hydrogen (secondary N) is 1. The van der Waals surface area contributed by atoms with E-state index < -0.39 is 5.91 Å². The standard InChI is InChI=1S/C20H23ClN2O4/c1-12(2)8-9-27-18-16(21)10-14(11-17(18)26-3)20(25)23-15-6-4-13(5-7-15)19(22)24/h4-7,10-12H,8-9H2,1-3H3,(H2,22,24)(H,23,25). The van der Waals surface area contributed by atoms with Crippen LogP contribution in [-0.4, -0.2) is 25.5 Å². The number of hydrogen-bond acceptors (Lipinski definition) is 4. The molecule has 0 saturated carbocycles. The molecule has 2 amide bonds. The lowest BCUT2D eigenvalue weighted by Crippen LogP contribution is -2.14. The molecular formula is C20H23ClN2O4. The number of methoxy groups -OCH3 is 1. The van der Waals surface area contributed by atoms with E-state index in [9.17, 15) is 9.59 Å². The average Bonchev–Trinajstić information content (AvgIpc) is 2.62. The molecule has 2 aromatic rings. The molecule has 0 spiro atoms. The Morgan fingerprint density at radius 1 is 1.15 bits per heavy atom. The molecule has 0 saturated heterocycles. The van der Waals surface area contributed by atoms with E-state index >= 15 is 0 Å². The van der Waals surface area contributed by atoms with Crippen molar-refractivity contribution in [2.24, 2.45) is 11.7 Å². The quantitative estimate of drug-likeness (QED) is 0.709. The first-order valence-corrected chi connectivity index (χ1v) is 8.91. The van der Waals surface area contributed by atoms with Gasteiger partial charge >= 0.3 is 0 Å². The molecule has 0 fully saturated rings. The molecule has 0 aliphatic carbocycles. The molecule has 2 rings (SSSR count). The number of carbonyl (C=O) groups is 2. The van der Waals surface area contributed by atoms with Gasteiger partial charge in [0.15, 0.2) is 11.5 Å². The Morgan fingerprint density at radius 2 is 1.81 bits per heavy atom. The van der Waals surface area contributed by atoms with E-state index in [4.69, 9.17) is 26.8 Å². The largest absolute Gasteiger partial charge is 0.493 e. The van der Waals surface area contributed by atoms with Crippen molar-refractivity contribution in [3.8, 4) is 11.5 Å². The molecule has 3 N–H and O–H groups in total. The minimum Gasteiger partial charge on any atom is -0.493 e. The van der Waals surface area contributed by atoms with Gasteiger partial charge in [-0.05, 0) is 48.7 Å². The van der Waals surface area contributed by atoms with Gasteiger partial charge in [0.25, 0.3) is 5.91 Å². The number of carbonyl (C=O) groups excluding carboxylic acids is 2. The summed E-state index contributed by atoms with van der Waals surface area (Å²) in [5.74, 6) is 0.414. The second-order valence-corrected chi connectivity index (χ2v) is 6.82. The van der Waals surface area contributed by atoms with Crippen LogP contribution in [0.25, 0.3) is 0 Å². The highest BCUT2D eigenvalue weighted by molar-refractivity contribution is 6.32. The van der Waals surface area contributed by atoms with E-state index in [1.807, 2.05) is 0 Å². The maximum Gasteiger partial charge on any atom is 0.255 e. The summed E-state index contributed by atoms with van der Waals surface area (Å²) in [5.41, 5.74) is 6.42. The molecule has 0 atom stereocenters.